The van der Waals surface area contributed by atoms with Crippen LogP contribution in [-0.2, 0) is 12.0 Å². The second-order valence-electron chi connectivity index (χ2n) is 6.48. The van der Waals surface area contributed by atoms with Gasteiger partial charge >= 0.3 is 0 Å². The van der Waals surface area contributed by atoms with Crippen molar-refractivity contribution >= 4 is 16.7 Å². The van der Waals surface area contributed by atoms with E-state index < -0.39 is 0 Å². The summed E-state index contributed by atoms with van der Waals surface area (Å²) in [6, 6.07) is 6.00. The highest BCUT2D eigenvalue weighted by atomic mass is 15.2. The third-order valence-electron chi connectivity index (χ3n) is 3.69. The molecule has 2 N–H and O–H groups in total. The molecule has 110 valence electrons. The van der Waals surface area contributed by atoms with Crippen LogP contribution in [0.3, 0.4) is 0 Å². The molecule has 0 aliphatic carbocycles. The maximum atomic E-state index is 5.88. The summed E-state index contributed by atoms with van der Waals surface area (Å²) in [5.41, 5.74) is 8.85. The van der Waals surface area contributed by atoms with E-state index in [0.29, 0.717) is 0 Å². The van der Waals surface area contributed by atoms with Crippen LogP contribution < -0.4 is 5.73 Å². The number of aromatic nitrogens is 2. The minimum atomic E-state index is 0.0264. The van der Waals surface area contributed by atoms with Gasteiger partial charge in [-0.2, -0.15) is 0 Å². The number of nitrogen functional groups attached to an aromatic ring is 1. The van der Waals surface area contributed by atoms with Gasteiger partial charge in [0.1, 0.15) is 5.82 Å². The molecule has 0 saturated heterocycles. The van der Waals surface area contributed by atoms with Gasteiger partial charge in [-0.15, -0.1) is 0 Å². The zero-order chi connectivity index (χ0) is 14.9. The lowest BCUT2D eigenvalue weighted by atomic mass is 9.95. The first kappa shape index (κ1) is 14.9. The number of likely N-dealkylation sites (N-methyl/N-ethyl adjacent to an activating group) is 1. The van der Waals surface area contributed by atoms with E-state index in [1.165, 1.54) is 5.52 Å². The molecule has 0 aliphatic heterocycles. The normalized spacial score (nSPS) is 12.5. The van der Waals surface area contributed by atoms with E-state index in [1.54, 1.807) is 0 Å². The number of nitrogens with zero attached hydrogens (tertiary/aromatic N) is 3. The van der Waals surface area contributed by atoms with E-state index in [2.05, 4.69) is 50.3 Å². The summed E-state index contributed by atoms with van der Waals surface area (Å²) in [6.45, 7) is 11.8. The van der Waals surface area contributed by atoms with Crippen LogP contribution in [-0.4, -0.2) is 34.6 Å². The maximum Gasteiger partial charge on any atom is 0.115 e. The molecule has 2 rings (SSSR count). The molecule has 1 aromatic heterocycles. The Morgan fingerprint density at radius 3 is 2.60 bits per heavy atom. The average Bonchev–Trinajstić information content (AvgIpc) is 2.73. The van der Waals surface area contributed by atoms with Gasteiger partial charge in [-0.3, -0.25) is 0 Å². The zero-order valence-electron chi connectivity index (χ0n) is 13.3. The van der Waals surface area contributed by atoms with E-state index in [1.807, 2.05) is 12.1 Å². The molecule has 0 amide bonds. The van der Waals surface area contributed by atoms with Crippen LogP contribution in [0.5, 0.6) is 0 Å². The summed E-state index contributed by atoms with van der Waals surface area (Å²) in [7, 11) is 2.15. The molecule has 0 fully saturated rings. The lowest BCUT2D eigenvalue weighted by Gasteiger charge is -2.22. The fourth-order valence-electron chi connectivity index (χ4n) is 2.37. The quantitative estimate of drug-likeness (QED) is 0.872. The maximum absolute atomic E-state index is 5.88. The second-order valence-corrected chi connectivity index (χ2v) is 6.48. The Morgan fingerprint density at radius 1 is 1.30 bits per heavy atom. The van der Waals surface area contributed by atoms with Crippen molar-refractivity contribution in [1.82, 2.24) is 14.5 Å². The van der Waals surface area contributed by atoms with Gasteiger partial charge in [0.05, 0.1) is 11.0 Å². The monoisotopic (exact) mass is 274 g/mol. The van der Waals surface area contributed by atoms with Gasteiger partial charge in [-0.1, -0.05) is 27.7 Å². The van der Waals surface area contributed by atoms with Crippen molar-refractivity contribution in [1.29, 1.82) is 0 Å². The molecular formula is C16H26N4. The Balaban J connectivity index is 2.47. The van der Waals surface area contributed by atoms with Crippen molar-refractivity contribution in [3.8, 4) is 0 Å². The highest BCUT2D eigenvalue weighted by molar-refractivity contribution is 5.79. The van der Waals surface area contributed by atoms with E-state index in [9.17, 15) is 0 Å². The molecule has 2 aromatic rings. The van der Waals surface area contributed by atoms with Gasteiger partial charge in [-0.25, -0.2) is 4.98 Å². The standard InChI is InChI=1S/C16H26N4/c1-6-19(5)9-10-20-14-8-7-12(17)11-13(14)18-15(20)16(2,3)4/h7-8,11H,6,9-10,17H2,1-5H3. The Kier molecular flexibility index (Phi) is 4.04. The Bertz CT molecular complexity index is 592. The molecule has 20 heavy (non-hydrogen) atoms. The predicted molar refractivity (Wildman–Crippen MR) is 86.0 cm³/mol. The molecule has 1 heterocycles. The van der Waals surface area contributed by atoms with Gasteiger partial charge in [0, 0.05) is 24.2 Å². The van der Waals surface area contributed by atoms with Crippen molar-refractivity contribution in [2.24, 2.45) is 0 Å². The molecule has 0 bridgehead atoms. The number of rotatable bonds is 4. The Labute approximate surface area is 121 Å². The summed E-state index contributed by atoms with van der Waals surface area (Å²) in [5, 5.41) is 0. The minimum Gasteiger partial charge on any atom is -0.399 e. The third-order valence-corrected chi connectivity index (χ3v) is 3.69. The number of hydrogen-bond donors (Lipinski definition) is 1. The van der Waals surface area contributed by atoms with Crippen LogP contribution in [0.1, 0.15) is 33.5 Å². The van der Waals surface area contributed by atoms with Crippen LogP contribution in [0, 0.1) is 0 Å². The number of imidazole rings is 1. The topological polar surface area (TPSA) is 47.1 Å². The average molecular weight is 274 g/mol. The Hall–Kier alpha value is -1.55. The third kappa shape index (κ3) is 2.96. The molecule has 4 heteroatoms. The fraction of sp³-hybridized carbons (Fsp3) is 0.562. The summed E-state index contributed by atoms with van der Waals surface area (Å²) < 4.78 is 2.33. The minimum absolute atomic E-state index is 0.0264. The first-order valence-electron chi connectivity index (χ1n) is 7.27. The van der Waals surface area contributed by atoms with E-state index in [-0.39, 0.29) is 5.41 Å². The summed E-state index contributed by atoms with van der Waals surface area (Å²) in [5.74, 6) is 1.13. The van der Waals surface area contributed by atoms with Crippen LogP contribution in [0.4, 0.5) is 5.69 Å². The smallest absolute Gasteiger partial charge is 0.115 e. The van der Waals surface area contributed by atoms with Crippen LogP contribution >= 0.6 is 0 Å². The first-order chi connectivity index (χ1) is 9.32. The van der Waals surface area contributed by atoms with Crippen molar-refractivity contribution in [3.05, 3.63) is 24.0 Å². The molecular weight excluding hydrogens is 248 g/mol. The van der Waals surface area contributed by atoms with Gasteiger partial charge in [0.15, 0.2) is 0 Å². The highest BCUT2D eigenvalue weighted by Crippen LogP contribution is 2.27. The number of fused-ring (bicyclic) bond motifs is 1. The molecule has 0 saturated carbocycles. The molecule has 0 radical (unpaired) electrons. The van der Waals surface area contributed by atoms with Gasteiger partial charge in [0.2, 0.25) is 0 Å². The SMILES string of the molecule is CCN(C)CCn1c(C(C)(C)C)nc2cc(N)ccc21. The Morgan fingerprint density at radius 2 is 2.00 bits per heavy atom. The molecule has 0 spiro atoms. The summed E-state index contributed by atoms with van der Waals surface area (Å²) >= 11 is 0. The number of hydrogen-bond acceptors (Lipinski definition) is 3. The predicted octanol–water partition coefficient (Wildman–Crippen LogP) is 2.87. The first-order valence-corrected chi connectivity index (χ1v) is 7.27. The lowest BCUT2D eigenvalue weighted by Crippen LogP contribution is -2.26. The van der Waals surface area contributed by atoms with Crippen molar-refractivity contribution in [3.63, 3.8) is 0 Å². The van der Waals surface area contributed by atoms with E-state index >= 15 is 0 Å². The van der Waals surface area contributed by atoms with E-state index in [0.717, 1.165) is 36.7 Å². The summed E-state index contributed by atoms with van der Waals surface area (Å²) in [4.78, 5) is 7.13. The molecule has 4 nitrogen and oxygen atoms in total. The summed E-state index contributed by atoms with van der Waals surface area (Å²) in [6.07, 6.45) is 0. The van der Waals surface area contributed by atoms with Crippen LogP contribution in [0.2, 0.25) is 0 Å². The van der Waals surface area contributed by atoms with E-state index in [4.69, 9.17) is 10.7 Å². The molecule has 0 unspecified atom stereocenters. The highest BCUT2D eigenvalue weighted by Gasteiger charge is 2.22. The molecule has 1 aromatic carbocycles. The lowest BCUT2D eigenvalue weighted by molar-refractivity contribution is 0.331. The van der Waals surface area contributed by atoms with Crippen molar-refractivity contribution in [2.45, 2.75) is 39.7 Å². The number of nitrogens with two attached hydrogens (primary N) is 1. The number of anilines is 1. The van der Waals surface area contributed by atoms with Gasteiger partial charge in [0.25, 0.3) is 0 Å². The van der Waals surface area contributed by atoms with Crippen LogP contribution in [0.25, 0.3) is 11.0 Å². The number of benzene rings is 1. The zero-order valence-corrected chi connectivity index (χ0v) is 13.3. The molecule has 0 aliphatic rings. The van der Waals surface area contributed by atoms with Crippen molar-refractivity contribution < 1.29 is 0 Å². The second kappa shape index (κ2) is 5.44. The fourth-order valence-corrected chi connectivity index (χ4v) is 2.37. The van der Waals surface area contributed by atoms with Crippen molar-refractivity contribution in [2.75, 3.05) is 25.9 Å². The van der Waals surface area contributed by atoms with Gasteiger partial charge < -0.3 is 15.2 Å². The molecule has 0 atom stereocenters. The largest absolute Gasteiger partial charge is 0.399 e. The van der Waals surface area contributed by atoms with Crippen LogP contribution in [0.15, 0.2) is 18.2 Å². The van der Waals surface area contributed by atoms with Gasteiger partial charge in [-0.05, 0) is 31.8 Å².